The third-order valence-electron chi connectivity index (χ3n) is 2.66. The molecule has 0 saturated heterocycles. The molecule has 3 heteroatoms. The maximum atomic E-state index is 5.54. The van der Waals surface area contributed by atoms with E-state index in [-0.39, 0.29) is 0 Å². The second kappa shape index (κ2) is 4.58. The highest BCUT2D eigenvalue weighted by molar-refractivity contribution is 5.81. The Morgan fingerprint density at radius 1 is 1.19 bits per heavy atom. The lowest BCUT2D eigenvalue weighted by Gasteiger charge is -2.06. The maximum absolute atomic E-state index is 5.54. The molecule has 2 aromatic rings. The predicted molar refractivity (Wildman–Crippen MR) is 66.4 cm³/mol. The number of nitrogens with two attached hydrogens (primary N) is 1. The predicted octanol–water partition coefficient (Wildman–Crippen LogP) is 2.14. The average molecular weight is 215 g/mol. The molecule has 0 bridgehead atoms. The average Bonchev–Trinajstić information content (AvgIpc) is 2.25. The molecule has 1 aromatic heterocycles. The zero-order valence-corrected chi connectivity index (χ0v) is 9.83. The summed E-state index contributed by atoms with van der Waals surface area (Å²) in [4.78, 5) is 8.96. The molecule has 1 heterocycles. The number of fused-ring (bicyclic) bond motifs is 1. The van der Waals surface area contributed by atoms with Crippen molar-refractivity contribution in [3.8, 4) is 0 Å². The van der Waals surface area contributed by atoms with Crippen molar-refractivity contribution in [1.82, 2.24) is 9.97 Å². The van der Waals surface area contributed by atoms with E-state index in [0.717, 1.165) is 35.3 Å². The summed E-state index contributed by atoms with van der Waals surface area (Å²) in [6, 6.07) is 6.32. The van der Waals surface area contributed by atoms with Gasteiger partial charge in [0.25, 0.3) is 0 Å². The molecule has 0 atom stereocenters. The van der Waals surface area contributed by atoms with Crippen molar-refractivity contribution in [3.05, 3.63) is 35.3 Å². The smallest absolute Gasteiger partial charge is 0.126 e. The summed E-state index contributed by atoms with van der Waals surface area (Å²) in [5, 5.41) is 1.16. The lowest BCUT2D eigenvalue weighted by atomic mass is 10.1. The van der Waals surface area contributed by atoms with Gasteiger partial charge in [-0.15, -0.1) is 0 Å². The van der Waals surface area contributed by atoms with Crippen LogP contribution in [0.3, 0.4) is 0 Å². The third-order valence-corrected chi connectivity index (χ3v) is 2.66. The monoisotopic (exact) mass is 215 g/mol. The number of benzene rings is 1. The van der Waals surface area contributed by atoms with Crippen LogP contribution in [0.4, 0.5) is 0 Å². The van der Waals surface area contributed by atoms with E-state index in [2.05, 4.69) is 35.1 Å². The van der Waals surface area contributed by atoms with Gasteiger partial charge in [-0.2, -0.15) is 0 Å². The molecule has 0 fully saturated rings. The Labute approximate surface area is 95.7 Å². The van der Waals surface area contributed by atoms with Gasteiger partial charge in [-0.1, -0.05) is 12.1 Å². The highest BCUT2D eigenvalue weighted by Gasteiger charge is 2.05. The molecule has 0 spiro atoms. The standard InChI is InChI=1S/C13H17N3/c1-9-5-6-11-12(4-3-7-14)15-10(2)16-13(11)8-9/h5-6,8H,3-4,7,14H2,1-2H3. The van der Waals surface area contributed by atoms with E-state index in [4.69, 9.17) is 5.73 Å². The van der Waals surface area contributed by atoms with E-state index in [0.29, 0.717) is 6.54 Å². The summed E-state index contributed by atoms with van der Waals surface area (Å²) in [7, 11) is 0. The van der Waals surface area contributed by atoms with Gasteiger partial charge in [0.15, 0.2) is 0 Å². The molecule has 16 heavy (non-hydrogen) atoms. The number of aryl methyl sites for hydroxylation is 3. The molecular formula is C13H17N3. The fraction of sp³-hybridized carbons (Fsp3) is 0.385. The van der Waals surface area contributed by atoms with Crippen LogP contribution in [0.2, 0.25) is 0 Å². The summed E-state index contributed by atoms with van der Waals surface area (Å²) >= 11 is 0. The Bertz CT molecular complexity index is 500. The van der Waals surface area contributed by atoms with Crippen molar-refractivity contribution >= 4 is 10.9 Å². The number of aromatic nitrogens is 2. The summed E-state index contributed by atoms with van der Waals surface area (Å²) in [6.07, 6.45) is 1.90. The Kier molecular flexibility index (Phi) is 3.15. The molecule has 0 unspecified atom stereocenters. The number of hydrogen-bond acceptors (Lipinski definition) is 3. The van der Waals surface area contributed by atoms with Crippen LogP contribution in [0.25, 0.3) is 10.9 Å². The van der Waals surface area contributed by atoms with Crippen LogP contribution < -0.4 is 5.73 Å². The SMILES string of the molecule is Cc1ccc2c(CCCN)nc(C)nc2c1. The molecule has 0 saturated carbocycles. The molecule has 2 rings (SSSR count). The van der Waals surface area contributed by atoms with Crippen LogP contribution in [0.5, 0.6) is 0 Å². The second-order valence-corrected chi connectivity index (χ2v) is 4.13. The van der Waals surface area contributed by atoms with E-state index in [1.54, 1.807) is 0 Å². The summed E-state index contributed by atoms with van der Waals surface area (Å²) in [6.45, 7) is 4.72. The van der Waals surface area contributed by atoms with Gasteiger partial charge >= 0.3 is 0 Å². The van der Waals surface area contributed by atoms with Gasteiger partial charge in [0.1, 0.15) is 5.82 Å². The number of rotatable bonds is 3. The van der Waals surface area contributed by atoms with Gasteiger partial charge < -0.3 is 5.73 Å². The minimum Gasteiger partial charge on any atom is -0.330 e. The highest BCUT2D eigenvalue weighted by Crippen LogP contribution is 2.18. The molecular weight excluding hydrogens is 198 g/mol. The van der Waals surface area contributed by atoms with Crippen molar-refractivity contribution in [2.75, 3.05) is 6.54 Å². The van der Waals surface area contributed by atoms with Crippen LogP contribution >= 0.6 is 0 Å². The highest BCUT2D eigenvalue weighted by atomic mass is 14.9. The number of nitrogens with zero attached hydrogens (tertiary/aromatic N) is 2. The van der Waals surface area contributed by atoms with Gasteiger partial charge in [0, 0.05) is 5.39 Å². The fourth-order valence-corrected chi connectivity index (χ4v) is 1.89. The molecule has 0 amide bonds. The Morgan fingerprint density at radius 3 is 2.75 bits per heavy atom. The van der Waals surface area contributed by atoms with Crippen LogP contribution in [-0.4, -0.2) is 16.5 Å². The molecule has 84 valence electrons. The van der Waals surface area contributed by atoms with Gasteiger partial charge in [0.05, 0.1) is 11.2 Å². The van der Waals surface area contributed by atoms with Crippen LogP contribution in [0, 0.1) is 13.8 Å². The lowest BCUT2D eigenvalue weighted by Crippen LogP contribution is -2.04. The van der Waals surface area contributed by atoms with Crippen LogP contribution in [-0.2, 0) is 6.42 Å². The Balaban J connectivity index is 2.54. The van der Waals surface area contributed by atoms with Crippen molar-refractivity contribution in [3.63, 3.8) is 0 Å². The quantitative estimate of drug-likeness (QED) is 0.853. The lowest BCUT2D eigenvalue weighted by molar-refractivity contribution is 0.808. The van der Waals surface area contributed by atoms with Gasteiger partial charge in [-0.3, -0.25) is 0 Å². The first kappa shape index (κ1) is 11.0. The van der Waals surface area contributed by atoms with E-state index in [9.17, 15) is 0 Å². The first-order chi connectivity index (χ1) is 7.70. The van der Waals surface area contributed by atoms with Crippen molar-refractivity contribution in [2.45, 2.75) is 26.7 Å². The maximum Gasteiger partial charge on any atom is 0.126 e. The minimum absolute atomic E-state index is 0.705. The first-order valence-electron chi connectivity index (χ1n) is 5.64. The summed E-state index contributed by atoms with van der Waals surface area (Å²) < 4.78 is 0. The normalized spacial score (nSPS) is 10.9. The Hall–Kier alpha value is -1.48. The van der Waals surface area contributed by atoms with Crippen LogP contribution in [0.1, 0.15) is 23.5 Å². The van der Waals surface area contributed by atoms with E-state index < -0.39 is 0 Å². The van der Waals surface area contributed by atoms with E-state index in [1.165, 1.54) is 5.56 Å². The molecule has 2 N–H and O–H groups in total. The summed E-state index contributed by atoms with van der Waals surface area (Å²) in [5.74, 6) is 0.838. The zero-order valence-electron chi connectivity index (χ0n) is 9.83. The number of hydrogen-bond donors (Lipinski definition) is 1. The summed E-state index contributed by atoms with van der Waals surface area (Å²) in [5.41, 5.74) is 8.93. The molecule has 1 aromatic carbocycles. The van der Waals surface area contributed by atoms with Crippen LogP contribution in [0.15, 0.2) is 18.2 Å². The first-order valence-corrected chi connectivity index (χ1v) is 5.64. The van der Waals surface area contributed by atoms with Crippen molar-refractivity contribution in [1.29, 1.82) is 0 Å². The van der Waals surface area contributed by atoms with E-state index >= 15 is 0 Å². The molecule has 0 aliphatic carbocycles. The van der Waals surface area contributed by atoms with Crippen molar-refractivity contribution < 1.29 is 0 Å². The topological polar surface area (TPSA) is 51.8 Å². The van der Waals surface area contributed by atoms with E-state index in [1.807, 2.05) is 6.92 Å². The zero-order chi connectivity index (χ0) is 11.5. The van der Waals surface area contributed by atoms with Gasteiger partial charge in [0.2, 0.25) is 0 Å². The third kappa shape index (κ3) is 2.19. The fourth-order valence-electron chi connectivity index (χ4n) is 1.89. The molecule has 0 aliphatic rings. The Morgan fingerprint density at radius 2 is 2.00 bits per heavy atom. The molecule has 0 radical (unpaired) electrons. The van der Waals surface area contributed by atoms with Crippen molar-refractivity contribution in [2.24, 2.45) is 5.73 Å². The molecule has 3 nitrogen and oxygen atoms in total. The molecule has 0 aliphatic heterocycles. The minimum atomic E-state index is 0.705. The second-order valence-electron chi connectivity index (χ2n) is 4.13. The van der Waals surface area contributed by atoms with Gasteiger partial charge in [-0.05, 0) is 44.9 Å². The largest absolute Gasteiger partial charge is 0.330 e. The van der Waals surface area contributed by atoms with Gasteiger partial charge in [-0.25, -0.2) is 9.97 Å².